The molecule has 1 aliphatic heterocycles. The van der Waals surface area contributed by atoms with Crippen LogP contribution in [0.5, 0.6) is 0 Å². The first-order chi connectivity index (χ1) is 19.7. The molecule has 1 aliphatic rings. The molecular weight excluding hydrogens is 621 g/mol. The first kappa shape index (κ1) is 33.5. The summed E-state index contributed by atoms with van der Waals surface area (Å²) in [5.41, 5.74) is -5.33. The third kappa shape index (κ3) is 7.89. The van der Waals surface area contributed by atoms with Crippen LogP contribution in [-0.2, 0) is 9.63 Å². The van der Waals surface area contributed by atoms with Crippen LogP contribution >= 0.6 is 11.6 Å². The monoisotopic (exact) mass is 641 g/mol. The number of hydrogen-bond acceptors (Lipinski definition) is 4. The van der Waals surface area contributed by atoms with Crippen molar-refractivity contribution in [2.75, 3.05) is 13.1 Å². The van der Waals surface area contributed by atoms with E-state index in [1.54, 1.807) is 5.32 Å². The summed E-state index contributed by atoms with van der Waals surface area (Å²) in [6.07, 6.45) is -14.5. The molecule has 2 N–H and O–H groups in total. The maximum atomic E-state index is 14.3. The molecule has 2 amide bonds. The summed E-state index contributed by atoms with van der Waals surface area (Å²) in [6, 6.07) is 8.41. The highest BCUT2D eigenvalue weighted by Crippen LogP contribution is 2.47. The van der Waals surface area contributed by atoms with Crippen LogP contribution in [0.15, 0.2) is 76.5 Å². The molecule has 0 saturated carbocycles. The van der Waals surface area contributed by atoms with E-state index < -0.39 is 71.6 Å². The highest BCUT2D eigenvalue weighted by Gasteiger charge is 2.62. The van der Waals surface area contributed by atoms with E-state index in [1.165, 1.54) is 36.4 Å². The summed E-state index contributed by atoms with van der Waals surface area (Å²) in [7, 11) is 0. The highest BCUT2D eigenvalue weighted by molar-refractivity contribution is 6.31. The number of fused-ring (bicyclic) bond motifs is 1. The van der Waals surface area contributed by atoms with Gasteiger partial charge in [-0.1, -0.05) is 53.7 Å². The third-order valence-corrected chi connectivity index (χ3v) is 6.41. The summed E-state index contributed by atoms with van der Waals surface area (Å²) in [6.45, 7) is 1.64. The van der Waals surface area contributed by atoms with Crippen LogP contribution in [0.3, 0.4) is 0 Å². The van der Waals surface area contributed by atoms with Crippen LogP contribution in [0.1, 0.15) is 29.3 Å². The molecule has 0 fully saturated rings. The van der Waals surface area contributed by atoms with Crippen molar-refractivity contribution in [3.63, 3.8) is 0 Å². The van der Waals surface area contributed by atoms with Gasteiger partial charge in [0, 0.05) is 33.7 Å². The molecule has 2 aromatic rings. The molecule has 0 saturated heterocycles. The van der Waals surface area contributed by atoms with Gasteiger partial charge < -0.3 is 15.5 Å². The maximum Gasteiger partial charge on any atom is 0.435 e. The van der Waals surface area contributed by atoms with E-state index in [-0.39, 0.29) is 27.6 Å². The predicted molar refractivity (Wildman–Crippen MR) is 139 cm³/mol. The largest absolute Gasteiger partial charge is 0.435 e. The molecule has 0 aromatic heterocycles. The number of hydrogen-bond donors (Lipinski definition) is 2. The SMILES string of the molecule is C=C(/C=C(Cl)\C=C(/C)C(F)(F)F)[C@]1(C(F)(F)F)CC(c2ccc(C(=O)NCC(=O)NCC(F)(F)F)c3ccccc23)=NO1. The molecule has 6 nitrogen and oxygen atoms in total. The van der Waals surface area contributed by atoms with E-state index in [0.717, 1.165) is 0 Å². The van der Waals surface area contributed by atoms with Gasteiger partial charge in [-0.25, -0.2) is 0 Å². The number of alkyl halides is 9. The molecule has 2 aromatic carbocycles. The quantitative estimate of drug-likeness (QED) is 0.244. The summed E-state index contributed by atoms with van der Waals surface area (Å²) in [5.74, 6) is -1.96. The Morgan fingerprint density at radius 3 is 2.21 bits per heavy atom. The second-order valence-electron chi connectivity index (χ2n) is 9.29. The highest BCUT2D eigenvalue weighted by atomic mass is 35.5. The standard InChI is InChI=1S/C27H21ClF9N3O3/c1-14(9-16(28)10-15(2)26(32,33)34)24(27(35,36)37)11-21(40-43-24)19-7-8-20(18-6-4-3-5-17(18)19)23(42)38-12-22(41)39-13-25(29,30)31/h3-10H,1,11-13H2,2H3,(H,38,42)(H,39,41)/b15-10+,16-9+/t24-/m0/s1. The average Bonchev–Trinajstić information content (AvgIpc) is 3.36. The Bertz CT molecular complexity index is 1530. The van der Waals surface area contributed by atoms with Crippen LogP contribution in [0.4, 0.5) is 39.5 Å². The summed E-state index contributed by atoms with van der Waals surface area (Å²) >= 11 is 5.78. The Hall–Kier alpha value is -4.01. The number of nitrogens with one attached hydrogen (secondary N) is 2. The van der Waals surface area contributed by atoms with Crippen LogP contribution in [-0.4, -0.2) is 54.7 Å². The molecule has 0 bridgehead atoms. The van der Waals surface area contributed by atoms with E-state index in [4.69, 9.17) is 16.4 Å². The maximum absolute atomic E-state index is 14.3. The minimum atomic E-state index is -5.14. The number of benzene rings is 2. The smallest absolute Gasteiger partial charge is 0.374 e. The fourth-order valence-electron chi connectivity index (χ4n) is 3.96. The van der Waals surface area contributed by atoms with Crippen LogP contribution in [0.25, 0.3) is 10.8 Å². The van der Waals surface area contributed by atoms with Crippen LogP contribution in [0.2, 0.25) is 0 Å². The fourth-order valence-corrected chi connectivity index (χ4v) is 4.26. The van der Waals surface area contributed by atoms with Gasteiger partial charge in [0.25, 0.3) is 11.5 Å². The van der Waals surface area contributed by atoms with Gasteiger partial charge in [0.2, 0.25) is 5.91 Å². The summed E-state index contributed by atoms with van der Waals surface area (Å²) in [4.78, 5) is 29.3. The minimum absolute atomic E-state index is 0.0458. The second-order valence-corrected chi connectivity index (χ2v) is 9.73. The van der Waals surface area contributed by atoms with Gasteiger partial charge in [0.1, 0.15) is 6.54 Å². The second kappa shape index (κ2) is 12.3. The molecule has 0 unspecified atom stereocenters. The first-order valence-corrected chi connectivity index (χ1v) is 12.4. The Balaban J connectivity index is 1.90. The zero-order valence-electron chi connectivity index (χ0n) is 21.9. The van der Waals surface area contributed by atoms with Gasteiger partial charge in [-0.2, -0.15) is 39.5 Å². The lowest BCUT2D eigenvalue weighted by Gasteiger charge is -2.29. The van der Waals surface area contributed by atoms with Crippen molar-refractivity contribution >= 4 is 39.9 Å². The lowest BCUT2D eigenvalue weighted by atomic mass is 9.85. The molecule has 16 heteroatoms. The van der Waals surface area contributed by atoms with E-state index in [2.05, 4.69) is 17.1 Å². The number of amides is 2. The first-order valence-electron chi connectivity index (χ1n) is 12.0. The van der Waals surface area contributed by atoms with Gasteiger partial charge in [-0.3, -0.25) is 9.59 Å². The van der Waals surface area contributed by atoms with E-state index in [0.29, 0.717) is 19.1 Å². The summed E-state index contributed by atoms with van der Waals surface area (Å²) in [5, 5.41) is 7.13. The van der Waals surface area contributed by atoms with E-state index >= 15 is 0 Å². The number of carbonyl (C=O) groups excluding carboxylic acids is 2. The molecule has 43 heavy (non-hydrogen) atoms. The topological polar surface area (TPSA) is 79.8 Å². The molecule has 0 aliphatic carbocycles. The number of nitrogens with zero attached hydrogens (tertiary/aromatic N) is 1. The Morgan fingerprint density at radius 2 is 1.63 bits per heavy atom. The fraction of sp³-hybridized carbons (Fsp3) is 0.296. The number of allylic oxidation sites excluding steroid dienone is 3. The third-order valence-electron chi connectivity index (χ3n) is 6.19. The summed E-state index contributed by atoms with van der Waals surface area (Å²) < 4.78 is 118. The number of rotatable bonds is 8. The van der Waals surface area contributed by atoms with E-state index in [9.17, 15) is 49.1 Å². The zero-order valence-corrected chi connectivity index (χ0v) is 22.7. The van der Waals surface area contributed by atoms with E-state index in [1.807, 2.05) is 0 Å². The molecule has 0 radical (unpaired) electrons. The zero-order chi connectivity index (χ0) is 32.4. The lowest BCUT2D eigenvalue weighted by molar-refractivity contribution is -0.251. The van der Waals surface area contributed by atoms with Crippen molar-refractivity contribution in [1.29, 1.82) is 0 Å². The van der Waals surface area contributed by atoms with Crippen molar-refractivity contribution in [1.82, 2.24) is 10.6 Å². The Morgan fingerprint density at radius 1 is 1.00 bits per heavy atom. The van der Waals surface area contributed by atoms with Crippen molar-refractivity contribution < 1.29 is 53.9 Å². The predicted octanol–water partition coefficient (Wildman–Crippen LogP) is 6.86. The Labute approximate surface area is 242 Å². The van der Waals surface area contributed by atoms with Crippen molar-refractivity contribution in [2.45, 2.75) is 37.5 Å². The Kier molecular flexibility index (Phi) is 9.59. The van der Waals surface area contributed by atoms with Gasteiger partial charge >= 0.3 is 18.5 Å². The van der Waals surface area contributed by atoms with Gasteiger partial charge in [-0.05, 0) is 35.9 Å². The van der Waals surface area contributed by atoms with Crippen LogP contribution in [0, 0.1) is 0 Å². The van der Waals surface area contributed by atoms with Gasteiger partial charge in [0.15, 0.2) is 0 Å². The molecule has 3 rings (SSSR count). The van der Waals surface area contributed by atoms with Gasteiger partial charge in [0.05, 0.1) is 12.3 Å². The van der Waals surface area contributed by atoms with Gasteiger partial charge in [-0.15, -0.1) is 0 Å². The lowest BCUT2D eigenvalue weighted by Crippen LogP contribution is -2.46. The van der Waals surface area contributed by atoms with Crippen molar-refractivity contribution in [2.24, 2.45) is 5.16 Å². The molecule has 232 valence electrons. The molecule has 1 atom stereocenters. The number of halogens is 10. The molecular formula is C27H21ClF9N3O3. The van der Waals surface area contributed by atoms with Crippen LogP contribution < -0.4 is 10.6 Å². The number of oxime groups is 1. The molecule has 0 spiro atoms. The van der Waals surface area contributed by atoms with Crippen molar-refractivity contribution in [3.8, 4) is 0 Å². The molecule has 1 heterocycles. The normalized spacial score (nSPS) is 18.3. The number of carbonyl (C=O) groups is 2. The van der Waals surface area contributed by atoms with Crippen molar-refractivity contribution in [3.05, 3.63) is 82.4 Å². The minimum Gasteiger partial charge on any atom is -0.374 e. The average molecular weight is 642 g/mol.